The van der Waals surface area contributed by atoms with Gasteiger partial charge >= 0.3 is 5.97 Å². The highest BCUT2D eigenvalue weighted by atomic mass is 16.7. The number of rotatable bonds is 13. The molecule has 3 atom stereocenters. The lowest BCUT2D eigenvalue weighted by Crippen LogP contribution is -2.47. The van der Waals surface area contributed by atoms with Crippen molar-refractivity contribution in [2.45, 2.75) is 31.7 Å². The predicted octanol–water partition coefficient (Wildman–Crippen LogP) is 3.64. The van der Waals surface area contributed by atoms with E-state index in [0.29, 0.717) is 41.8 Å². The summed E-state index contributed by atoms with van der Waals surface area (Å²) in [7, 11) is 5.01. The first-order valence-corrected chi connectivity index (χ1v) is 14.8. The van der Waals surface area contributed by atoms with Crippen LogP contribution in [0.1, 0.15) is 31.2 Å². The molecule has 44 heavy (non-hydrogen) atoms. The lowest BCUT2D eigenvalue weighted by atomic mass is 9.85. The average molecular weight is 607 g/mol. The molecule has 2 aliphatic heterocycles. The number of likely N-dealkylation sites (tertiary alicyclic amines) is 1. The quantitative estimate of drug-likeness (QED) is 0.292. The first-order valence-electron chi connectivity index (χ1n) is 14.8. The number of carboxylic acid groups (broad SMARTS) is 1. The Morgan fingerprint density at radius 1 is 1.07 bits per heavy atom. The third-order valence-electron chi connectivity index (χ3n) is 8.23. The van der Waals surface area contributed by atoms with Crippen LogP contribution in [0.15, 0.2) is 60.9 Å². The smallest absolute Gasteiger partial charge is 0.308 e. The zero-order chi connectivity index (χ0) is 31.2. The molecule has 234 valence electrons. The Balaban J connectivity index is 1.49. The number of fused-ring (bicyclic) bond motifs is 1. The third kappa shape index (κ3) is 6.52. The summed E-state index contributed by atoms with van der Waals surface area (Å²) in [4.78, 5) is 30.7. The van der Waals surface area contributed by atoms with Crippen molar-refractivity contribution in [2.75, 3.05) is 52.2 Å². The Hall–Kier alpha value is -4.51. The van der Waals surface area contributed by atoms with Crippen LogP contribution in [-0.2, 0) is 16.6 Å². The van der Waals surface area contributed by atoms with Crippen LogP contribution >= 0.6 is 0 Å². The van der Waals surface area contributed by atoms with E-state index >= 15 is 0 Å². The van der Waals surface area contributed by atoms with E-state index in [1.165, 1.54) is 7.11 Å². The number of carbonyl (C=O) groups excluding carboxylic acids is 1. The Morgan fingerprint density at radius 3 is 2.55 bits per heavy atom. The lowest BCUT2D eigenvalue weighted by molar-refractivity contribution is -0.670. The second-order valence-electron chi connectivity index (χ2n) is 11.0. The van der Waals surface area contributed by atoms with Crippen LogP contribution in [0.2, 0.25) is 0 Å². The molecule has 1 saturated heterocycles. The molecule has 11 nitrogen and oxygen atoms in total. The van der Waals surface area contributed by atoms with E-state index in [2.05, 4.69) is 6.92 Å². The van der Waals surface area contributed by atoms with Gasteiger partial charge in [-0.05, 0) is 42.3 Å². The Bertz CT molecular complexity index is 1480. The summed E-state index contributed by atoms with van der Waals surface area (Å²) < 4.78 is 30.3. The first kappa shape index (κ1) is 30.9. The molecule has 3 aromatic rings. The van der Waals surface area contributed by atoms with Crippen LogP contribution in [0.5, 0.6) is 28.7 Å². The zero-order valence-electron chi connectivity index (χ0n) is 25.6. The highest BCUT2D eigenvalue weighted by Crippen LogP contribution is 2.47. The molecular weight excluding hydrogens is 566 g/mol. The number of hydrogen-bond acceptors (Lipinski definition) is 8. The fraction of sp³-hybridized carbons (Fsp3) is 0.424. The number of aromatic nitrogens is 1. The number of hydrogen-bond donors (Lipinski definition) is 1. The second-order valence-corrected chi connectivity index (χ2v) is 11.0. The number of benzene rings is 2. The summed E-state index contributed by atoms with van der Waals surface area (Å²) in [5.74, 6) is 0.0511. The third-order valence-corrected chi connectivity index (χ3v) is 8.23. The van der Waals surface area contributed by atoms with Crippen molar-refractivity contribution < 1.29 is 42.9 Å². The van der Waals surface area contributed by atoms with E-state index in [1.807, 2.05) is 59.2 Å². The lowest BCUT2D eigenvalue weighted by Gasteiger charge is -2.29. The minimum atomic E-state index is -0.979. The minimum absolute atomic E-state index is 0.0181. The highest BCUT2D eigenvalue weighted by molar-refractivity contribution is 5.94. The van der Waals surface area contributed by atoms with Crippen LogP contribution in [0.25, 0.3) is 0 Å². The van der Waals surface area contributed by atoms with Gasteiger partial charge in [0, 0.05) is 25.1 Å². The maximum Gasteiger partial charge on any atom is 0.308 e. The van der Waals surface area contributed by atoms with E-state index in [1.54, 1.807) is 30.2 Å². The molecule has 0 unspecified atom stereocenters. The Morgan fingerprint density at radius 2 is 1.84 bits per heavy atom. The standard InChI is InChI=1S/C33H39N3O8/c1-5-6-14-36(23-10-9-13-34(2)17-23)30(37)19-35-18-24(22-15-28(41-4)32-29(16-22)43-21-44-32)31(33(38)39)25(35)20-42-27-12-8-7-11-26(27)40-3/h7-13,15-17,24-25,31H,5-6,14,18-21H2,1-4H3/p+1/t24-,25+,31-/m1/s1. The summed E-state index contributed by atoms with van der Waals surface area (Å²) in [5, 5.41) is 10.6. The molecule has 2 aliphatic rings. The molecule has 5 rings (SSSR count). The van der Waals surface area contributed by atoms with Gasteiger partial charge in [0.05, 0.1) is 32.7 Å². The zero-order valence-corrected chi connectivity index (χ0v) is 25.6. The van der Waals surface area contributed by atoms with Crippen molar-refractivity contribution in [3.8, 4) is 28.7 Å². The minimum Gasteiger partial charge on any atom is -0.493 e. The molecule has 0 bridgehead atoms. The monoisotopic (exact) mass is 606 g/mol. The van der Waals surface area contributed by atoms with Crippen molar-refractivity contribution in [3.63, 3.8) is 0 Å². The fourth-order valence-corrected chi connectivity index (χ4v) is 6.02. The molecule has 0 saturated carbocycles. The fourth-order valence-electron chi connectivity index (χ4n) is 6.02. The van der Waals surface area contributed by atoms with Crippen molar-refractivity contribution in [1.29, 1.82) is 0 Å². The number of unbranched alkanes of at least 4 members (excludes halogenated alkanes) is 1. The number of aryl methyl sites for hydroxylation is 1. The van der Waals surface area contributed by atoms with E-state index in [9.17, 15) is 14.7 Å². The Kier molecular flexibility index (Phi) is 9.74. The number of para-hydroxylation sites is 2. The number of anilines is 1. The maximum atomic E-state index is 14.0. The molecule has 0 radical (unpaired) electrons. The van der Waals surface area contributed by atoms with Crippen molar-refractivity contribution >= 4 is 17.6 Å². The van der Waals surface area contributed by atoms with Crippen molar-refractivity contribution in [2.24, 2.45) is 13.0 Å². The molecule has 1 amide bonds. The van der Waals surface area contributed by atoms with Gasteiger partial charge in [-0.15, -0.1) is 0 Å². The van der Waals surface area contributed by atoms with Crippen molar-refractivity contribution in [1.82, 2.24) is 4.90 Å². The highest BCUT2D eigenvalue weighted by Gasteiger charge is 2.48. The van der Waals surface area contributed by atoms with Crippen LogP contribution in [0.3, 0.4) is 0 Å². The topological polar surface area (TPSA) is 111 Å². The summed E-state index contributed by atoms with van der Waals surface area (Å²) >= 11 is 0. The number of methoxy groups -OCH3 is 2. The van der Waals surface area contributed by atoms with Crippen LogP contribution in [0.4, 0.5) is 5.69 Å². The summed E-state index contributed by atoms with van der Waals surface area (Å²) in [6, 6.07) is 14.0. The predicted molar refractivity (Wildman–Crippen MR) is 162 cm³/mol. The van der Waals surface area contributed by atoms with Gasteiger partial charge in [0.15, 0.2) is 35.4 Å². The maximum absolute atomic E-state index is 14.0. The van der Waals surface area contributed by atoms with Gasteiger partial charge in [-0.25, -0.2) is 4.57 Å². The normalized spacial score (nSPS) is 19.0. The number of aliphatic carboxylic acids is 1. The van der Waals surface area contributed by atoms with E-state index in [-0.39, 0.29) is 25.9 Å². The molecule has 0 aliphatic carbocycles. The Labute approximate surface area is 257 Å². The summed E-state index contributed by atoms with van der Waals surface area (Å²) in [5.41, 5.74) is 1.52. The number of ether oxygens (including phenoxy) is 5. The largest absolute Gasteiger partial charge is 0.493 e. The molecular formula is C33H40N3O8+. The van der Waals surface area contributed by atoms with Gasteiger partial charge in [-0.1, -0.05) is 25.5 Å². The summed E-state index contributed by atoms with van der Waals surface area (Å²) in [6.45, 7) is 3.07. The SMILES string of the molecule is CCCCN(C(=O)CN1C[C@H](c2cc(OC)c3c(c2)OCO3)[C@@H](C(=O)O)[C@@H]1COc1ccccc1OC)c1ccc[n+](C)c1. The molecule has 1 fully saturated rings. The van der Waals surface area contributed by atoms with Crippen LogP contribution < -0.4 is 33.2 Å². The summed E-state index contributed by atoms with van der Waals surface area (Å²) in [6.07, 6.45) is 5.60. The van der Waals surface area contributed by atoms with E-state index in [4.69, 9.17) is 23.7 Å². The first-order chi connectivity index (χ1) is 21.3. The van der Waals surface area contributed by atoms with Crippen LogP contribution in [-0.4, -0.2) is 75.2 Å². The van der Waals surface area contributed by atoms with Crippen LogP contribution in [0, 0.1) is 5.92 Å². The average Bonchev–Trinajstić information content (AvgIpc) is 3.64. The number of pyridine rings is 1. The van der Waals surface area contributed by atoms with Gasteiger partial charge in [0.1, 0.15) is 19.3 Å². The number of nitrogens with zero attached hydrogens (tertiary/aromatic N) is 3. The van der Waals surface area contributed by atoms with Gasteiger partial charge in [-0.2, -0.15) is 0 Å². The number of carboxylic acids is 1. The van der Waals surface area contributed by atoms with Gasteiger partial charge in [0.25, 0.3) is 0 Å². The molecule has 0 spiro atoms. The van der Waals surface area contributed by atoms with E-state index < -0.39 is 23.8 Å². The van der Waals surface area contributed by atoms with E-state index in [0.717, 1.165) is 24.1 Å². The molecule has 2 aromatic carbocycles. The second kappa shape index (κ2) is 13.9. The molecule has 1 aromatic heterocycles. The molecule has 3 heterocycles. The van der Waals surface area contributed by atoms with Gasteiger partial charge in [-0.3, -0.25) is 14.5 Å². The van der Waals surface area contributed by atoms with Gasteiger partial charge < -0.3 is 33.7 Å². The molecule has 11 heteroatoms. The molecule has 1 N–H and O–H groups in total. The number of carbonyl (C=O) groups is 2. The number of amides is 1. The van der Waals surface area contributed by atoms with Gasteiger partial charge in [0.2, 0.25) is 18.4 Å². The van der Waals surface area contributed by atoms with Crippen molar-refractivity contribution in [3.05, 3.63) is 66.5 Å².